The van der Waals surface area contributed by atoms with Crippen LogP contribution in [0.3, 0.4) is 0 Å². The highest BCUT2D eigenvalue weighted by Gasteiger charge is 2.39. The summed E-state index contributed by atoms with van der Waals surface area (Å²) in [5, 5.41) is 3.07. The largest absolute Gasteiger partial charge is 0.351 e. The zero-order valence-corrected chi connectivity index (χ0v) is 17.1. The summed E-state index contributed by atoms with van der Waals surface area (Å²) >= 11 is 5.99. The Morgan fingerprint density at radius 2 is 1.74 bits per heavy atom. The third kappa shape index (κ3) is 3.90. The van der Waals surface area contributed by atoms with Gasteiger partial charge in [-0.05, 0) is 56.5 Å². The summed E-state index contributed by atoms with van der Waals surface area (Å²) < 4.78 is 25.2. The van der Waals surface area contributed by atoms with Crippen LogP contribution in [0.25, 0.3) is 0 Å². The number of carbonyl (C=O) groups is 1. The van der Waals surface area contributed by atoms with Crippen molar-refractivity contribution in [3.8, 4) is 0 Å². The minimum atomic E-state index is -3.53. The molecule has 1 fully saturated rings. The second-order valence-electron chi connectivity index (χ2n) is 7.41. The molecule has 2 aromatic carbocycles. The van der Waals surface area contributed by atoms with Crippen molar-refractivity contribution < 1.29 is 13.2 Å². The number of carbonyl (C=O) groups excluding carboxylic acids is 1. The van der Waals surface area contributed by atoms with Gasteiger partial charge in [0.2, 0.25) is 0 Å². The number of benzene rings is 2. The van der Waals surface area contributed by atoms with Crippen molar-refractivity contribution in [2.45, 2.75) is 48.7 Å². The van der Waals surface area contributed by atoms with Gasteiger partial charge in [0.05, 0.1) is 15.7 Å². The van der Waals surface area contributed by atoms with Gasteiger partial charge in [0.15, 0.2) is 9.84 Å². The Balaban J connectivity index is 1.82. The molecule has 2 aromatic rings. The second-order valence-corrected chi connectivity index (χ2v) is 10.3. The maximum absolute atomic E-state index is 12.8. The summed E-state index contributed by atoms with van der Waals surface area (Å²) in [7, 11) is -3.53. The van der Waals surface area contributed by atoms with Crippen molar-refractivity contribution in [3.63, 3.8) is 0 Å². The molecule has 0 aliphatic heterocycles. The Hall–Kier alpha value is -1.85. The van der Waals surface area contributed by atoms with Crippen molar-refractivity contribution in [2.75, 3.05) is 6.54 Å². The highest BCUT2D eigenvalue weighted by atomic mass is 35.5. The molecule has 0 atom stereocenters. The minimum Gasteiger partial charge on any atom is -0.351 e. The molecular weight excluding hydrogens is 382 g/mol. The van der Waals surface area contributed by atoms with Gasteiger partial charge in [-0.2, -0.15) is 0 Å². The first-order valence-electron chi connectivity index (χ1n) is 9.13. The molecule has 1 N–H and O–H groups in total. The number of rotatable bonds is 6. The van der Waals surface area contributed by atoms with Gasteiger partial charge in [0.1, 0.15) is 0 Å². The third-order valence-corrected chi connectivity index (χ3v) is 7.88. The smallest absolute Gasteiger partial charge is 0.252 e. The second kappa shape index (κ2) is 7.64. The highest BCUT2D eigenvalue weighted by Crippen LogP contribution is 2.43. The summed E-state index contributed by atoms with van der Waals surface area (Å²) in [6.07, 6.45) is 3.08. The normalized spacial score (nSPS) is 16.0. The molecule has 0 saturated heterocycles. The molecule has 0 bridgehead atoms. The Morgan fingerprint density at radius 3 is 2.30 bits per heavy atom. The van der Waals surface area contributed by atoms with Crippen LogP contribution in [-0.2, 0) is 15.3 Å². The molecule has 0 unspecified atom stereocenters. The van der Waals surface area contributed by atoms with E-state index in [0.29, 0.717) is 11.6 Å². The molecule has 0 aromatic heterocycles. The van der Waals surface area contributed by atoms with E-state index in [1.807, 2.05) is 24.3 Å². The van der Waals surface area contributed by atoms with E-state index in [9.17, 15) is 13.2 Å². The molecule has 4 nitrogen and oxygen atoms in total. The van der Waals surface area contributed by atoms with Crippen LogP contribution in [0.1, 0.15) is 49.0 Å². The lowest BCUT2D eigenvalue weighted by molar-refractivity contribution is 0.0924. The minimum absolute atomic E-state index is 0.0895. The van der Waals surface area contributed by atoms with Gasteiger partial charge in [0.25, 0.3) is 5.91 Å². The fourth-order valence-electron chi connectivity index (χ4n) is 3.48. The molecule has 0 radical (unpaired) electrons. The SMILES string of the molecule is CC(C)S(=O)(=O)c1ccccc1C(=O)NCC1(c2ccc(Cl)cc2)CCC1. The monoisotopic (exact) mass is 405 g/mol. The van der Waals surface area contributed by atoms with E-state index in [2.05, 4.69) is 5.32 Å². The van der Waals surface area contributed by atoms with Gasteiger partial charge >= 0.3 is 0 Å². The molecule has 27 heavy (non-hydrogen) atoms. The van der Waals surface area contributed by atoms with E-state index in [0.717, 1.165) is 24.8 Å². The number of nitrogens with one attached hydrogen (secondary N) is 1. The molecule has 0 heterocycles. The van der Waals surface area contributed by atoms with Crippen molar-refractivity contribution >= 4 is 27.3 Å². The molecule has 1 aliphatic carbocycles. The van der Waals surface area contributed by atoms with Gasteiger partial charge in [-0.1, -0.05) is 42.3 Å². The van der Waals surface area contributed by atoms with Gasteiger partial charge in [0, 0.05) is 17.0 Å². The van der Waals surface area contributed by atoms with E-state index >= 15 is 0 Å². The first-order valence-corrected chi connectivity index (χ1v) is 11.1. The summed E-state index contributed by atoms with van der Waals surface area (Å²) in [6, 6.07) is 14.1. The Kier molecular flexibility index (Phi) is 5.63. The van der Waals surface area contributed by atoms with Gasteiger partial charge in [-0.3, -0.25) is 4.79 Å². The predicted octanol–water partition coefficient (Wildman–Crippen LogP) is 4.37. The fourth-order valence-corrected chi connectivity index (χ4v) is 4.84. The topological polar surface area (TPSA) is 63.2 Å². The summed E-state index contributed by atoms with van der Waals surface area (Å²) in [5.74, 6) is -0.352. The van der Waals surface area contributed by atoms with Crippen LogP contribution in [-0.4, -0.2) is 26.1 Å². The third-order valence-electron chi connectivity index (χ3n) is 5.41. The quantitative estimate of drug-likeness (QED) is 0.775. The lowest BCUT2D eigenvalue weighted by atomic mass is 9.64. The van der Waals surface area contributed by atoms with E-state index < -0.39 is 15.1 Å². The van der Waals surface area contributed by atoms with Crippen LogP contribution in [0.15, 0.2) is 53.4 Å². The Morgan fingerprint density at radius 1 is 1.11 bits per heavy atom. The maximum Gasteiger partial charge on any atom is 0.252 e. The molecule has 1 amide bonds. The molecule has 1 saturated carbocycles. The summed E-state index contributed by atoms with van der Waals surface area (Å²) in [4.78, 5) is 12.9. The van der Waals surface area contributed by atoms with Crippen LogP contribution in [0, 0.1) is 0 Å². The maximum atomic E-state index is 12.8. The number of hydrogen-bond acceptors (Lipinski definition) is 3. The van der Waals surface area contributed by atoms with Crippen LogP contribution in [0.2, 0.25) is 5.02 Å². The van der Waals surface area contributed by atoms with Crippen LogP contribution >= 0.6 is 11.6 Å². The fraction of sp³-hybridized carbons (Fsp3) is 0.381. The van der Waals surface area contributed by atoms with E-state index in [4.69, 9.17) is 11.6 Å². The van der Waals surface area contributed by atoms with Gasteiger partial charge in [-0.25, -0.2) is 8.42 Å². The lowest BCUT2D eigenvalue weighted by Crippen LogP contribution is -2.45. The first kappa shape index (κ1) is 19.9. The molecular formula is C21H24ClNO3S. The van der Waals surface area contributed by atoms with Crippen LogP contribution in [0.5, 0.6) is 0 Å². The standard InChI is InChI=1S/C21H24ClNO3S/c1-15(2)27(25,26)19-7-4-3-6-18(19)20(24)23-14-21(12-5-13-21)16-8-10-17(22)11-9-16/h3-4,6-11,15H,5,12-14H2,1-2H3,(H,23,24). The van der Waals surface area contributed by atoms with Crippen molar-refractivity contribution in [3.05, 3.63) is 64.7 Å². The number of amides is 1. The summed E-state index contributed by atoms with van der Waals surface area (Å²) in [5.41, 5.74) is 1.25. The van der Waals surface area contributed by atoms with E-state index in [1.165, 1.54) is 6.07 Å². The average Bonchev–Trinajstić information content (AvgIpc) is 2.61. The predicted molar refractivity (Wildman–Crippen MR) is 108 cm³/mol. The summed E-state index contributed by atoms with van der Waals surface area (Å²) in [6.45, 7) is 3.71. The highest BCUT2D eigenvalue weighted by molar-refractivity contribution is 7.92. The molecule has 144 valence electrons. The van der Waals surface area contributed by atoms with Crippen molar-refractivity contribution in [1.29, 1.82) is 0 Å². The number of sulfone groups is 1. The van der Waals surface area contributed by atoms with Gasteiger partial charge in [-0.15, -0.1) is 0 Å². The zero-order chi connectivity index (χ0) is 19.7. The van der Waals surface area contributed by atoms with E-state index in [-0.39, 0.29) is 21.8 Å². The van der Waals surface area contributed by atoms with Crippen LogP contribution < -0.4 is 5.32 Å². The van der Waals surface area contributed by atoms with Crippen molar-refractivity contribution in [1.82, 2.24) is 5.32 Å². The molecule has 0 spiro atoms. The average molecular weight is 406 g/mol. The molecule has 1 aliphatic rings. The van der Waals surface area contributed by atoms with Crippen LogP contribution in [0.4, 0.5) is 0 Å². The van der Waals surface area contributed by atoms with E-state index in [1.54, 1.807) is 32.0 Å². The number of halogens is 1. The Bertz CT molecular complexity index is 932. The zero-order valence-electron chi connectivity index (χ0n) is 15.5. The Labute approximate surface area is 165 Å². The van der Waals surface area contributed by atoms with Crippen molar-refractivity contribution in [2.24, 2.45) is 0 Å². The molecule has 6 heteroatoms. The van der Waals surface area contributed by atoms with Gasteiger partial charge < -0.3 is 5.32 Å². The molecule has 3 rings (SSSR count). The first-order chi connectivity index (χ1) is 12.8. The number of hydrogen-bond donors (Lipinski definition) is 1. The lowest BCUT2D eigenvalue weighted by Gasteiger charge is -2.42.